The summed E-state index contributed by atoms with van der Waals surface area (Å²) >= 11 is 0. The van der Waals surface area contributed by atoms with Crippen LogP contribution < -0.4 is 5.46 Å². The van der Waals surface area contributed by atoms with Crippen molar-refractivity contribution in [2.24, 2.45) is 0 Å². The second kappa shape index (κ2) is 6.47. The lowest BCUT2D eigenvalue weighted by Gasteiger charge is -2.37. The Morgan fingerprint density at radius 2 is 1.50 bits per heavy atom. The van der Waals surface area contributed by atoms with Gasteiger partial charge < -0.3 is 14.2 Å². The number of rotatable bonds is 4. The van der Waals surface area contributed by atoms with Gasteiger partial charge in [0.05, 0.1) is 11.2 Å². The average molecular weight is 419 g/mol. The molecule has 1 aromatic heterocycles. The van der Waals surface area contributed by atoms with Gasteiger partial charge in [-0.05, 0) is 72.9 Å². The predicted octanol–water partition coefficient (Wildman–Crippen LogP) is 6.20. The van der Waals surface area contributed by atoms with Crippen LogP contribution in [0, 0.1) is 0 Å². The van der Waals surface area contributed by atoms with Gasteiger partial charge in [0.2, 0.25) is 0 Å². The largest absolute Gasteiger partial charge is 0.456 e. The van der Waals surface area contributed by atoms with E-state index in [0.717, 1.165) is 22.0 Å². The maximum atomic E-state index is 10.4. The molecule has 0 bridgehead atoms. The van der Waals surface area contributed by atoms with Gasteiger partial charge in [0.1, 0.15) is 11.2 Å². The first kappa shape index (κ1) is 19.6. The third kappa shape index (κ3) is 2.70. The molecule has 157 valence electrons. The SMILES string of the molecule is CC(C)(O)C(C)(C)O[B]c1ccc2c(c1)-c1cccc3c1c-2cc1oc2ccccc2c13. The van der Waals surface area contributed by atoms with Crippen LogP contribution in [0.5, 0.6) is 0 Å². The molecule has 0 saturated carbocycles. The number of para-hydroxylation sites is 1. The first-order valence-corrected chi connectivity index (χ1v) is 11.0. The summed E-state index contributed by atoms with van der Waals surface area (Å²) in [5.41, 5.74) is 5.99. The summed E-state index contributed by atoms with van der Waals surface area (Å²) in [4.78, 5) is 0. The van der Waals surface area contributed by atoms with Crippen molar-refractivity contribution in [2.75, 3.05) is 0 Å². The Labute approximate surface area is 187 Å². The molecule has 0 aliphatic heterocycles. The Bertz CT molecular complexity index is 1540. The first-order valence-electron chi connectivity index (χ1n) is 11.0. The summed E-state index contributed by atoms with van der Waals surface area (Å²) in [5.74, 6) is 0. The van der Waals surface area contributed by atoms with Gasteiger partial charge in [-0.2, -0.15) is 0 Å². The second-order valence-electron chi connectivity index (χ2n) is 9.73. The van der Waals surface area contributed by atoms with E-state index in [4.69, 9.17) is 9.07 Å². The molecule has 1 radical (unpaired) electrons. The quantitative estimate of drug-likeness (QED) is 0.346. The van der Waals surface area contributed by atoms with Gasteiger partial charge in [-0.25, -0.2) is 0 Å². The Balaban J connectivity index is 1.50. The highest BCUT2D eigenvalue weighted by molar-refractivity contribution is 6.47. The van der Waals surface area contributed by atoms with Crippen molar-refractivity contribution in [3.8, 4) is 22.3 Å². The van der Waals surface area contributed by atoms with E-state index in [1.807, 2.05) is 26.0 Å². The summed E-state index contributed by atoms with van der Waals surface area (Å²) in [6, 6.07) is 23.3. The Morgan fingerprint density at radius 3 is 2.31 bits per heavy atom. The van der Waals surface area contributed by atoms with Crippen LogP contribution in [-0.4, -0.2) is 23.8 Å². The van der Waals surface area contributed by atoms with Crippen LogP contribution in [0.25, 0.3) is 55.0 Å². The van der Waals surface area contributed by atoms with E-state index >= 15 is 0 Å². The van der Waals surface area contributed by atoms with E-state index < -0.39 is 11.2 Å². The van der Waals surface area contributed by atoms with E-state index in [9.17, 15) is 5.11 Å². The summed E-state index contributed by atoms with van der Waals surface area (Å²) in [7, 11) is 1.75. The molecule has 0 saturated heterocycles. The molecule has 1 aliphatic carbocycles. The van der Waals surface area contributed by atoms with Crippen molar-refractivity contribution in [3.05, 3.63) is 66.7 Å². The fourth-order valence-electron chi connectivity index (χ4n) is 4.59. The van der Waals surface area contributed by atoms with Gasteiger partial charge in [0.25, 0.3) is 0 Å². The van der Waals surface area contributed by atoms with Crippen LogP contribution in [0.15, 0.2) is 71.1 Å². The molecule has 1 heterocycles. The second-order valence-corrected chi connectivity index (χ2v) is 9.73. The Hall–Kier alpha value is -3.08. The summed E-state index contributed by atoms with van der Waals surface area (Å²) in [5, 5.41) is 15.2. The predicted molar refractivity (Wildman–Crippen MR) is 133 cm³/mol. The minimum atomic E-state index is -0.959. The zero-order chi connectivity index (χ0) is 22.3. The lowest BCUT2D eigenvalue weighted by Crippen LogP contribution is -2.49. The highest BCUT2D eigenvalue weighted by Gasteiger charge is 2.36. The van der Waals surface area contributed by atoms with Gasteiger partial charge in [0.15, 0.2) is 0 Å². The molecular weight excluding hydrogens is 395 g/mol. The van der Waals surface area contributed by atoms with E-state index in [0.29, 0.717) is 0 Å². The highest BCUT2D eigenvalue weighted by Crippen LogP contribution is 2.50. The van der Waals surface area contributed by atoms with Crippen LogP contribution >= 0.6 is 0 Å². The van der Waals surface area contributed by atoms with E-state index in [2.05, 4.69) is 54.6 Å². The van der Waals surface area contributed by atoms with Gasteiger partial charge >= 0.3 is 7.48 Å². The number of hydrogen-bond acceptors (Lipinski definition) is 3. The number of aliphatic hydroxyl groups is 1. The van der Waals surface area contributed by atoms with Crippen LogP contribution in [0.1, 0.15) is 27.7 Å². The Kier molecular flexibility index (Phi) is 3.96. The Morgan fingerprint density at radius 1 is 0.719 bits per heavy atom. The zero-order valence-electron chi connectivity index (χ0n) is 18.7. The van der Waals surface area contributed by atoms with Crippen molar-refractivity contribution in [1.82, 2.24) is 0 Å². The summed E-state index contributed by atoms with van der Waals surface area (Å²) in [6.45, 7) is 7.32. The fourth-order valence-corrected chi connectivity index (χ4v) is 4.59. The normalized spacial score (nSPS) is 13.3. The van der Waals surface area contributed by atoms with Gasteiger partial charge in [-0.15, -0.1) is 0 Å². The number of fused-ring (bicyclic) bond motifs is 7. The molecule has 4 aromatic carbocycles. The van der Waals surface area contributed by atoms with Crippen molar-refractivity contribution in [3.63, 3.8) is 0 Å². The third-order valence-corrected chi connectivity index (χ3v) is 7.09. The number of furan rings is 1. The average Bonchev–Trinajstić information content (AvgIpc) is 3.29. The molecule has 1 N–H and O–H groups in total. The molecule has 0 atom stereocenters. The van der Waals surface area contributed by atoms with Gasteiger partial charge in [-0.3, -0.25) is 0 Å². The lowest BCUT2D eigenvalue weighted by atomic mass is 9.81. The fraction of sp³-hybridized carbons (Fsp3) is 0.214. The maximum Gasteiger partial charge on any atom is 0.330 e. The van der Waals surface area contributed by atoms with Crippen LogP contribution in [0.2, 0.25) is 0 Å². The highest BCUT2D eigenvalue weighted by atomic mass is 16.5. The van der Waals surface area contributed by atoms with Crippen molar-refractivity contribution < 1.29 is 14.2 Å². The maximum absolute atomic E-state index is 10.4. The van der Waals surface area contributed by atoms with E-state index in [1.54, 1.807) is 21.3 Å². The topological polar surface area (TPSA) is 42.6 Å². The number of benzene rings is 4. The van der Waals surface area contributed by atoms with Crippen LogP contribution in [-0.2, 0) is 4.65 Å². The lowest BCUT2D eigenvalue weighted by molar-refractivity contribution is -0.0893. The molecule has 0 amide bonds. The minimum Gasteiger partial charge on any atom is -0.456 e. The van der Waals surface area contributed by atoms with Gasteiger partial charge in [0, 0.05) is 10.8 Å². The molecule has 32 heavy (non-hydrogen) atoms. The molecular formula is C28H24BO3. The van der Waals surface area contributed by atoms with Crippen molar-refractivity contribution in [1.29, 1.82) is 0 Å². The molecule has 1 aliphatic rings. The van der Waals surface area contributed by atoms with Crippen LogP contribution in [0.3, 0.4) is 0 Å². The molecule has 0 unspecified atom stereocenters. The first-order chi connectivity index (χ1) is 15.2. The molecule has 6 rings (SSSR count). The minimum absolute atomic E-state index is 0.708. The summed E-state index contributed by atoms with van der Waals surface area (Å²) < 4.78 is 12.2. The van der Waals surface area contributed by atoms with E-state index in [-0.39, 0.29) is 0 Å². The molecule has 0 spiro atoms. The summed E-state index contributed by atoms with van der Waals surface area (Å²) in [6.07, 6.45) is 0. The standard InChI is InChI=1S/C28H24BO3/c1-27(2,30)28(3,4)32-29-16-12-13-17-21(14-16)18-9-7-10-20-25(18)22(17)15-24-26(20)19-8-5-6-11-23(19)31-24/h5-15,30H,1-4H3. The molecule has 3 nitrogen and oxygen atoms in total. The smallest absolute Gasteiger partial charge is 0.330 e. The third-order valence-electron chi connectivity index (χ3n) is 7.09. The van der Waals surface area contributed by atoms with Gasteiger partial charge in [-0.1, -0.05) is 60.1 Å². The van der Waals surface area contributed by atoms with E-state index in [1.165, 1.54) is 38.4 Å². The number of hydrogen-bond donors (Lipinski definition) is 1. The molecule has 4 heteroatoms. The van der Waals surface area contributed by atoms with Crippen molar-refractivity contribution >= 4 is 45.7 Å². The zero-order valence-corrected chi connectivity index (χ0v) is 18.7. The molecule has 0 fully saturated rings. The monoisotopic (exact) mass is 419 g/mol. The van der Waals surface area contributed by atoms with Crippen LogP contribution in [0.4, 0.5) is 0 Å². The van der Waals surface area contributed by atoms with Crippen molar-refractivity contribution in [2.45, 2.75) is 38.9 Å². The molecule has 5 aromatic rings.